The van der Waals surface area contributed by atoms with Crippen LogP contribution in [0.4, 0.5) is 0 Å². The predicted molar refractivity (Wildman–Crippen MR) is 85.9 cm³/mol. The molecular formula is C16H19ClN2S. The maximum absolute atomic E-state index is 5.81. The van der Waals surface area contributed by atoms with Crippen LogP contribution in [0.1, 0.15) is 23.4 Å². The first-order valence-corrected chi connectivity index (χ1v) is 8.72. The Hall–Kier alpha value is -0.640. The second-order valence-corrected chi connectivity index (χ2v) is 7.86. The van der Waals surface area contributed by atoms with Crippen LogP contribution in [0.5, 0.6) is 0 Å². The minimum absolute atomic E-state index is 0.429. The highest BCUT2D eigenvalue weighted by Gasteiger charge is 2.60. The number of halogens is 1. The molecule has 1 aromatic carbocycles. The lowest BCUT2D eigenvalue weighted by Crippen LogP contribution is -2.27. The molecule has 1 aliphatic heterocycles. The Labute approximate surface area is 128 Å². The Balaban J connectivity index is 1.60. The molecule has 2 atom stereocenters. The van der Waals surface area contributed by atoms with Crippen LogP contribution in [0, 0.1) is 12.8 Å². The normalized spacial score (nSPS) is 29.0. The molecule has 20 heavy (non-hydrogen) atoms. The van der Waals surface area contributed by atoms with Gasteiger partial charge in [-0.1, -0.05) is 6.07 Å². The van der Waals surface area contributed by atoms with E-state index in [1.807, 2.05) is 0 Å². The van der Waals surface area contributed by atoms with E-state index in [4.69, 9.17) is 11.6 Å². The molecule has 2 heterocycles. The van der Waals surface area contributed by atoms with Crippen molar-refractivity contribution in [2.24, 2.45) is 5.92 Å². The van der Waals surface area contributed by atoms with Crippen molar-refractivity contribution < 1.29 is 0 Å². The van der Waals surface area contributed by atoms with Gasteiger partial charge in [-0.25, -0.2) is 4.98 Å². The third kappa shape index (κ3) is 1.99. The maximum atomic E-state index is 5.81. The van der Waals surface area contributed by atoms with E-state index < -0.39 is 0 Å². The predicted octanol–water partition coefficient (Wildman–Crippen LogP) is 3.81. The second kappa shape index (κ2) is 4.69. The number of aromatic nitrogens is 1. The summed E-state index contributed by atoms with van der Waals surface area (Å²) >= 11 is 7.60. The van der Waals surface area contributed by atoms with Gasteiger partial charge in [0.05, 0.1) is 15.2 Å². The third-order valence-electron chi connectivity index (χ3n) is 4.89. The zero-order valence-electron chi connectivity index (χ0n) is 11.7. The number of rotatable bonds is 4. The van der Waals surface area contributed by atoms with E-state index in [1.54, 1.807) is 11.3 Å². The van der Waals surface area contributed by atoms with E-state index in [0.717, 1.165) is 29.8 Å². The first-order valence-electron chi connectivity index (χ1n) is 7.37. The van der Waals surface area contributed by atoms with Crippen LogP contribution >= 0.6 is 22.9 Å². The number of nitrogens with zero attached hydrogens (tertiary/aromatic N) is 2. The SMILES string of the molecule is Cc1nc2cc(C34C[C@@H]3CN(CCCCl)C4)ccc2s1. The lowest BCUT2D eigenvalue weighted by atomic mass is 9.95. The van der Waals surface area contributed by atoms with Gasteiger partial charge in [0.25, 0.3) is 0 Å². The van der Waals surface area contributed by atoms with Crippen LogP contribution in [0.25, 0.3) is 10.2 Å². The van der Waals surface area contributed by atoms with Gasteiger partial charge in [-0.2, -0.15) is 0 Å². The van der Waals surface area contributed by atoms with Gasteiger partial charge in [0.1, 0.15) is 0 Å². The molecule has 2 fully saturated rings. The summed E-state index contributed by atoms with van der Waals surface area (Å²) < 4.78 is 1.32. The van der Waals surface area contributed by atoms with Gasteiger partial charge in [0.2, 0.25) is 0 Å². The van der Waals surface area contributed by atoms with E-state index in [1.165, 1.54) is 35.3 Å². The van der Waals surface area contributed by atoms with Gasteiger partial charge < -0.3 is 4.90 Å². The molecule has 1 unspecified atom stereocenters. The summed E-state index contributed by atoms with van der Waals surface area (Å²) in [5.41, 5.74) is 3.12. The topological polar surface area (TPSA) is 16.1 Å². The molecule has 0 amide bonds. The van der Waals surface area contributed by atoms with Gasteiger partial charge in [-0.3, -0.25) is 0 Å². The summed E-state index contributed by atoms with van der Waals surface area (Å²) in [6, 6.07) is 6.94. The van der Waals surface area contributed by atoms with E-state index in [0.29, 0.717) is 5.41 Å². The number of thiazole rings is 1. The molecule has 0 N–H and O–H groups in total. The molecule has 0 radical (unpaired) electrons. The van der Waals surface area contributed by atoms with Gasteiger partial charge in [-0.05, 0) is 49.9 Å². The Morgan fingerprint density at radius 3 is 3.25 bits per heavy atom. The minimum atomic E-state index is 0.429. The van der Waals surface area contributed by atoms with Gasteiger partial charge >= 0.3 is 0 Å². The highest BCUT2D eigenvalue weighted by Crippen LogP contribution is 2.59. The quantitative estimate of drug-likeness (QED) is 0.799. The zero-order valence-corrected chi connectivity index (χ0v) is 13.3. The zero-order chi connectivity index (χ0) is 13.7. The lowest BCUT2D eigenvalue weighted by Gasteiger charge is -2.20. The van der Waals surface area contributed by atoms with Crippen LogP contribution < -0.4 is 0 Å². The molecule has 0 spiro atoms. The van der Waals surface area contributed by atoms with Crippen LogP contribution in [0.3, 0.4) is 0 Å². The fourth-order valence-corrected chi connectivity index (χ4v) is 4.77. The lowest BCUT2D eigenvalue weighted by molar-refractivity contribution is 0.299. The molecule has 2 aromatic rings. The highest BCUT2D eigenvalue weighted by atomic mass is 35.5. The molecule has 4 rings (SSSR count). The van der Waals surface area contributed by atoms with Crippen molar-refractivity contribution in [3.05, 3.63) is 28.8 Å². The Morgan fingerprint density at radius 2 is 2.40 bits per heavy atom. The van der Waals surface area contributed by atoms with Crippen LogP contribution in [-0.2, 0) is 5.41 Å². The van der Waals surface area contributed by atoms with Crippen molar-refractivity contribution in [1.29, 1.82) is 0 Å². The van der Waals surface area contributed by atoms with E-state index in [9.17, 15) is 0 Å². The largest absolute Gasteiger partial charge is 0.302 e. The average molecular weight is 307 g/mol. The first-order chi connectivity index (χ1) is 9.71. The smallest absolute Gasteiger partial charge is 0.0907 e. The molecular weight excluding hydrogens is 288 g/mol. The number of alkyl halides is 1. The third-order valence-corrected chi connectivity index (χ3v) is 6.11. The summed E-state index contributed by atoms with van der Waals surface area (Å²) in [6.07, 6.45) is 2.47. The Morgan fingerprint density at radius 1 is 1.50 bits per heavy atom. The Kier molecular flexibility index (Phi) is 3.06. The van der Waals surface area contributed by atoms with Gasteiger partial charge in [0.15, 0.2) is 0 Å². The number of aryl methyl sites for hydroxylation is 1. The fourth-order valence-electron chi connectivity index (χ4n) is 3.84. The molecule has 2 aliphatic rings. The van der Waals surface area contributed by atoms with Crippen LogP contribution in [-0.4, -0.2) is 35.4 Å². The van der Waals surface area contributed by atoms with Crippen LogP contribution in [0.15, 0.2) is 18.2 Å². The number of fused-ring (bicyclic) bond motifs is 2. The summed E-state index contributed by atoms with van der Waals surface area (Å²) in [6.45, 7) is 5.71. The summed E-state index contributed by atoms with van der Waals surface area (Å²) in [5, 5.41) is 1.16. The van der Waals surface area contributed by atoms with Crippen molar-refractivity contribution in [2.75, 3.05) is 25.5 Å². The van der Waals surface area contributed by atoms with E-state index in [2.05, 4.69) is 35.0 Å². The molecule has 4 heteroatoms. The molecule has 0 bridgehead atoms. The first kappa shape index (κ1) is 13.1. The standard InChI is InChI=1S/C16H19ClN2S/c1-11-18-14-7-12(3-4-15(14)20-11)16-8-13(16)9-19(10-16)6-2-5-17/h3-4,7,13H,2,5-6,8-10H2,1H3/t13-,16?/m1/s1. The average Bonchev–Trinajstić information content (AvgIpc) is 2.82. The maximum Gasteiger partial charge on any atom is 0.0907 e. The second-order valence-electron chi connectivity index (χ2n) is 6.25. The minimum Gasteiger partial charge on any atom is -0.302 e. The number of hydrogen-bond donors (Lipinski definition) is 0. The summed E-state index contributed by atoms with van der Waals surface area (Å²) in [5.74, 6) is 1.63. The molecule has 106 valence electrons. The van der Waals surface area contributed by atoms with Crippen molar-refractivity contribution in [3.63, 3.8) is 0 Å². The van der Waals surface area contributed by atoms with E-state index >= 15 is 0 Å². The van der Waals surface area contributed by atoms with Crippen LogP contribution in [0.2, 0.25) is 0 Å². The monoisotopic (exact) mass is 306 g/mol. The van der Waals surface area contributed by atoms with Crippen molar-refractivity contribution in [2.45, 2.75) is 25.2 Å². The molecule has 1 aromatic heterocycles. The van der Waals surface area contributed by atoms with Gasteiger partial charge in [-0.15, -0.1) is 22.9 Å². The summed E-state index contributed by atoms with van der Waals surface area (Å²) in [4.78, 5) is 7.24. The van der Waals surface area contributed by atoms with Gasteiger partial charge in [0, 0.05) is 24.4 Å². The number of piperidine rings is 1. The number of likely N-dealkylation sites (tertiary alicyclic amines) is 1. The van der Waals surface area contributed by atoms with Crippen molar-refractivity contribution >= 4 is 33.2 Å². The number of benzene rings is 1. The highest BCUT2D eigenvalue weighted by molar-refractivity contribution is 7.18. The van der Waals surface area contributed by atoms with E-state index in [-0.39, 0.29) is 0 Å². The summed E-state index contributed by atoms with van der Waals surface area (Å²) in [7, 11) is 0. The molecule has 1 aliphatic carbocycles. The van der Waals surface area contributed by atoms with Crippen molar-refractivity contribution in [3.8, 4) is 0 Å². The fraction of sp³-hybridized carbons (Fsp3) is 0.562. The molecule has 1 saturated heterocycles. The number of hydrogen-bond acceptors (Lipinski definition) is 3. The van der Waals surface area contributed by atoms with Crippen molar-refractivity contribution in [1.82, 2.24) is 9.88 Å². The Bertz CT molecular complexity index is 653. The molecule has 1 saturated carbocycles. The molecule has 2 nitrogen and oxygen atoms in total.